The van der Waals surface area contributed by atoms with Gasteiger partial charge in [-0.1, -0.05) is 24.3 Å². The van der Waals surface area contributed by atoms with Gasteiger partial charge >= 0.3 is 5.97 Å². The van der Waals surface area contributed by atoms with Crippen LogP contribution in [0.2, 0.25) is 0 Å². The fourth-order valence-corrected chi connectivity index (χ4v) is 3.18. The lowest BCUT2D eigenvalue weighted by Gasteiger charge is -2.09. The molecule has 158 valence electrons. The van der Waals surface area contributed by atoms with E-state index in [0.717, 1.165) is 18.5 Å². The Kier molecular flexibility index (Phi) is 5.48. The minimum atomic E-state index is -0.697. The number of ether oxygens (including phenoxy) is 1. The summed E-state index contributed by atoms with van der Waals surface area (Å²) in [7, 11) is 0. The Labute approximate surface area is 177 Å². The fraction of sp³-hybridized carbons (Fsp3) is 0.227. The van der Waals surface area contributed by atoms with Crippen LogP contribution in [0.25, 0.3) is 5.69 Å². The Balaban J connectivity index is 1.47. The van der Waals surface area contributed by atoms with Crippen LogP contribution < -0.4 is 5.32 Å². The number of aromatic nitrogens is 2. The summed E-state index contributed by atoms with van der Waals surface area (Å²) in [6, 6.07) is 15.3. The van der Waals surface area contributed by atoms with Gasteiger partial charge in [-0.25, -0.2) is 9.48 Å². The van der Waals surface area contributed by atoms with E-state index in [1.54, 1.807) is 19.1 Å². The highest BCUT2D eigenvalue weighted by atomic mass is 16.6. The summed E-state index contributed by atoms with van der Waals surface area (Å²) in [6.45, 7) is 1.13. The van der Waals surface area contributed by atoms with Gasteiger partial charge in [-0.2, -0.15) is 5.10 Å². The summed E-state index contributed by atoms with van der Waals surface area (Å²) >= 11 is 0. The summed E-state index contributed by atoms with van der Waals surface area (Å²) in [6.07, 6.45) is 2.05. The van der Waals surface area contributed by atoms with Crippen LogP contribution in [0.15, 0.2) is 54.6 Å². The molecule has 0 atom stereocenters. The van der Waals surface area contributed by atoms with E-state index >= 15 is 0 Å². The number of carbonyl (C=O) groups is 2. The lowest BCUT2D eigenvalue weighted by atomic mass is 10.2. The van der Waals surface area contributed by atoms with Gasteiger partial charge in [-0.3, -0.25) is 14.9 Å². The molecule has 31 heavy (non-hydrogen) atoms. The number of aryl methyl sites for hydroxylation is 1. The van der Waals surface area contributed by atoms with E-state index < -0.39 is 23.4 Å². The largest absolute Gasteiger partial charge is 0.451 e. The van der Waals surface area contributed by atoms with Crippen molar-refractivity contribution in [1.82, 2.24) is 9.78 Å². The van der Waals surface area contributed by atoms with E-state index in [-0.39, 0.29) is 17.1 Å². The van der Waals surface area contributed by atoms with Gasteiger partial charge in [0.2, 0.25) is 0 Å². The van der Waals surface area contributed by atoms with Gasteiger partial charge in [0.15, 0.2) is 12.3 Å². The lowest BCUT2D eigenvalue weighted by molar-refractivity contribution is -0.384. The summed E-state index contributed by atoms with van der Waals surface area (Å²) in [5, 5.41) is 18.2. The van der Waals surface area contributed by atoms with Crippen molar-refractivity contribution >= 4 is 23.3 Å². The number of para-hydroxylation sites is 1. The molecular weight excluding hydrogens is 400 g/mol. The predicted molar refractivity (Wildman–Crippen MR) is 112 cm³/mol. The Bertz CT molecular complexity index is 1150. The quantitative estimate of drug-likeness (QED) is 0.353. The topological polar surface area (TPSA) is 116 Å². The first-order valence-electron chi connectivity index (χ1n) is 9.80. The smallest absolute Gasteiger partial charge is 0.357 e. The molecule has 1 N–H and O–H groups in total. The van der Waals surface area contributed by atoms with Crippen molar-refractivity contribution in [2.24, 2.45) is 0 Å². The number of hydrogen-bond donors (Lipinski definition) is 1. The zero-order valence-electron chi connectivity index (χ0n) is 16.8. The minimum absolute atomic E-state index is 0.0435. The lowest BCUT2D eigenvalue weighted by Crippen LogP contribution is -2.22. The highest BCUT2D eigenvalue weighted by Crippen LogP contribution is 2.39. The maximum Gasteiger partial charge on any atom is 0.357 e. The molecule has 0 radical (unpaired) electrons. The molecule has 3 aromatic rings. The van der Waals surface area contributed by atoms with Crippen molar-refractivity contribution in [3.8, 4) is 5.69 Å². The molecule has 1 heterocycles. The summed E-state index contributed by atoms with van der Waals surface area (Å²) in [5.74, 6) is -1.03. The number of esters is 1. The number of nitro benzene ring substituents is 1. The van der Waals surface area contributed by atoms with Crippen molar-refractivity contribution in [2.75, 3.05) is 11.9 Å². The van der Waals surface area contributed by atoms with Crippen LogP contribution in [-0.2, 0) is 9.53 Å². The van der Waals surface area contributed by atoms with Crippen molar-refractivity contribution in [3.63, 3.8) is 0 Å². The maximum absolute atomic E-state index is 12.7. The first-order valence-corrected chi connectivity index (χ1v) is 9.80. The molecule has 0 spiro atoms. The zero-order chi connectivity index (χ0) is 22.0. The minimum Gasteiger partial charge on any atom is -0.451 e. The molecule has 0 aliphatic heterocycles. The Morgan fingerprint density at radius 3 is 2.61 bits per heavy atom. The standard InChI is InChI=1S/C22H20N4O5/c1-14-7-10-17(19(11-14)26(29)30)23-21(27)13-31-22(28)20-12-18(15-8-9-15)24-25(20)16-5-3-2-4-6-16/h2-7,10-12,15H,8-9,13H2,1H3,(H,23,27). The van der Waals surface area contributed by atoms with Crippen molar-refractivity contribution in [1.29, 1.82) is 0 Å². The first-order chi connectivity index (χ1) is 14.9. The molecule has 9 heteroatoms. The first kappa shape index (κ1) is 20.3. The number of nitrogens with zero attached hydrogens (tertiary/aromatic N) is 3. The molecule has 1 aliphatic carbocycles. The Morgan fingerprint density at radius 1 is 1.19 bits per heavy atom. The van der Waals surface area contributed by atoms with Gasteiger partial charge in [0.25, 0.3) is 11.6 Å². The molecule has 1 fully saturated rings. The van der Waals surface area contributed by atoms with Gasteiger partial charge < -0.3 is 10.1 Å². The van der Waals surface area contributed by atoms with Crippen molar-refractivity contribution in [2.45, 2.75) is 25.7 Å². The molecule has 9 nitrogen and oxygen atoms in total. The number of hydrogen-bond acceptors (Lipinski definition) is 6. The van der Waals surface area contributed by atoms with Crippen LogP contribution in [0.3, 0.4) is 0 Å². The van der Waals surface area contributed by atoms with Gasteiger partial charge in [0.05, 0.1) is 16.3 Å². The van der Waals surface area contributed by atoms with E-state index in [1.165, 1.54) is 16.8 Å². The maximum atomic E-state index is 12.7. The SMILES string of the molecule is Cc1ccc(NC(=O)COC(=O)c2cc(C3CC3)nn2-c2ccccc2)c([N+](=O)[O-])c1. The Morgan fingerprint density at radius 2 is 1.94 bits per heavy atom. The third kappa shape index (κ3) is 4.61. The molecule has 1 saturated carbocycles. The van der Waals surface area contributed by atoms with Gasteiger partial charge in [-0.15, -0.1) is 0 Å². The predicted octanol–water partition coefficient (Wildman–Crippen LogP) is 3.76. The van der Waals surface area contributed by atoms with E-state index in [4.69, 9.17) is 4.74 Å². The van der Waals surface area contributed by atoms with Crippen LogP contribution in [0.5, 0.6) is 0 Å². The third-order valence-corrected chi connectivity index (χ3v) is 4.89. The van der Waals surface area contributed by atoms with E-state index in [9.17, 15) is 19.7 Å². The molecule has 2 aromatic carbocycles. The summed E-state index contributed by atoms with van der Waals surface area (Å²) in [4.78, 5) is 35.6. The second-order valence-corrected chi connectivity index (χ2v) is 7.38. The van der Waals surface area contributed by atoms with Crippen LogP contribution in [0.1, 0.15) is 40.5 Å². The number of nitrogens with one attached hydrogen (secondary N) is 1. The second-order valence-electron chi connectivity index (χ2n) is 7.38. The molecule has 4 rings (SSSR count). The molecule has 0 bridgehead atoms. The van der Waals surface area contributed by atoms with E-state index in [2.05, 4.69) is 10.4 Å². The molecule has 1 aromatic heterocycles. The van der Waals surface area contributed by atoms with E-state index in [1.807, 2.05) is 30.3 Å². The summed E-state index contributed by atoms with van der Waals surface area (Å²) < 4.78 is 6.69. The second kappa shape index (κ2) is 8.39. The van der Waals surface area contributed by atoms with Crippen LogP contribution >= 0.6 is 0 Å². The molecule has 0 unspecified atom stereocenters. The van der Waals surface area contributed by atoms with Crippen molar-refractivity contribution < 1.29 is 19.2 Å². The molecule has 1 amide bonds. The Hall–Kier alpha value is -4.01. The normalized spacial score (nSPS) is 12.9. The number of benzene rings is 2. The van der Waals surface area contributed by atoms with Gasteiger partial charge in [0.1, 0.15) is 5.69 Å². The average molecular weight is 420 g/mol. The number of amides is 1. The molecular formula is C22H20N4O5. The third-order valence-electron chi connectivity index (χ3n) is 4.89. The van der Waals surface area contributed by atoms with Crippen LogP contribution in [0.4, 0.5) is 11.4 Å². The van der Waals surface area contributed by atoms with Gasteiger partial charge in [-0.05, 0) is 49.6 Å². The van der Waals surface area contributed by atoms with E-state index in [0.29, 0.717) is 17.2 Å². The van der Waals surface area contributed by atoms with Crippen LogP contribution in [-0.4, -0.2) is 33.2 Å². The van der Waals surface area contributed by atoms with Crippen LogP contribution in [0, 0.1) is 17.0 Å². The highest BCUT2D eigenvalue weighted by Gasteiger charge is 2.29. The summed E-state index contributed by atoms with van der Waals surface area (Å²) in [5.41, 5.74) is 2.26. The number of anilines is 1. The fourth-order valence-electron chi connectivity index (χ4n) is 3.18. The zero-order valence-corrected chi connectivity index (χ0v) is 16.8. The number of carbonyl (C=O) groups excluding carboxylic acids is 2. The average Bonchev–Trinajstić information content (AvgIpc) is 3.52. The van der Waals surface area contributed by atoms with Gasteiger partial charge in [0, 0.05) is 12.0 Å². The monoisotopic (exact) mass is 420 g/mol. The highest BCUT2D eigenvalue weighted by molar-refractivity contribution is 5.96. The number of nitro groups is 1. The number of rotatable bonds is 7. The molecule has 0 saturated heterocycles. The molecule has 1 aliphatic rings. The van der Waals surface area contributed by atoms with Crippen molar-refractivity contribution in [3.05, 3.63) is 81.7 Å².